The van der Waals surface area contributed by atoms with Crippen molar-refractivity contribution in [3.05, 3.63) is 77.9 Å². The van der Waals surface area contributed by atoms with Crippen LogP contribution < -0.4 is 19.9 Å². The Bertz CT molecular complexity index is 1140. The molecule has 1 fully saturated rings. The van der Waals surface area contributed by atoms with Crippen molar-refractivity contribution < 1.29 is 18.9 Å². The molecule has 1 aliphatic rings. The molecule has 0 saturated carbocycles. The topological polar surface area (TPSA) is 90.0 Å². The quantitative estimate of drug-likeness (QED) is 0.199. The van der Waals surface area contributed by atoms with Crippen LogP contribution in [0.2, 0.25) is 0 Å². The monoisotopic (exact) mass is 503 g/mol. The van der Waals surface area contributed by atoms with E-state index in [4.69, 9.17) is 30.1 Å². The van der Waals surface area contributed by atoms with E-state index in [1.165, 1.54) is 5.56 Å². The third kappa shape index (κ3) is 7.71. The number of nitrogens with two attached hydrogens (primary N) is 1. The summed E-state index contributed by atoms with van der Waals surface area (Å²) in [5.74, 6) is 2.43. The van der Waals surface area contributed by atoms with Gasteiger partial charge >= 0.3 is 0 Å². The molecule has 0 aliphatic carbocycles. The van der Waals surface area contributed by atoms with Gasteiger partial charge < -0.3 is 24.7 Å². The number of hydrogen-bond acceptors (Lipinski definition) is 6. The summed E-state index contributed by atoms with van der Waals surface area (Å²) >= 11 is 0. The van der Waals surface area contributed by atoms with Crippen molar-refractivity contribution >= 4 is 5.84 Å². The minimum atomic E-state index is 0.0753. The molecule has 7 nitrogen and oxygen atoms in total. The van der Waals surface area contributed by atoms with E-state index in [1.807, 2.05) is 54.6 Å². The van der Waals surface area contributed by atoms with Crippen molar-refractivity contribution in [1.82, 2.24) is 4.90 Å². The van der Waals surface area contributed by atoms with Gasteiger partial charge in [-0.15, -0.1) is 0 Å². The summed E-state index contributed by atoms with van der Waals surface area (Å²) in [6, 6.07) is 21.8. The maximum absolute atomic E-state index is 7.58. The van der Waals surface area contributed by atoms with E-state index in [9.17, 15) is 0 Å². The van der Waals surface area contributed by atoms with Gasteiger partial charge in [-0.3, -0.25) is 10.3 Å². The number of amidine groups is 1. The summed E-state index contributed by atoms with van der Waals surface area (Å²) in [4.78, 5) is 2.35. The van der Waals surface area contributed by atoms with E-state index < -0.39 is 0 Å². The van der Waals surface area contributed by atoms with Crippen LogP contribution in [-0.2, 0) is 11.2 Å². The average Bonchev–Trinajstić information content (AvgIpc) is 2.93. The molecule has 4 rings (SSSR count). The van der Waals surface area contributed by atoms with Crippen molar-refractivity contribution in [2.45, 2.75) is 19.8 Å². The van der Waals surface area contributed by atoms with E-state index in [-0.39, 0.29) is 5.84 Å². The average molecular weight is 504 g/mol. The second-order valence-electron chi connectivity index (χ2n) is 9.01. The lowest BCUT2D eigenvalue weighted by Gasteiger charge is -2.26. The zero-order valence-corrected chi connectivity index (χ0v) is 21.6. The Kier molecular flexibility index (Phi) is 9.80. The fourth-order valence-corrected chi connectivity index (χ4v) is 4.31. The minimum absolute atomic E-state index is 0.0753. The first-order valence-corrected chi connectivity index (χ1v) is 13.0. The summed E-state index contributed by atoms with van der Waals surface area (Å²) in [5.41, 5.74) is 9.68. The molecular formula is C30H37N3O4. The largest absolute Gasteiger partial charge is 0.490 e. The minimum Gasteiger partial charge on any atom is -0.490 e. The summed E-state index contributed by atoms with van der Waals surface area (Å²) in [5, 5.41) is 7.58. The van der Waals surface area contributed by atoms with Crippen LogP contribution in [0.4, 0.5) is 0 Å². The Hall–Kier alpha value is -3.55. The zero-order chi connectivity index (χ0) is 25.9. The first kappa shape index (κ1) is 26.5. The molecule has 196 valence electrons. The lowest BCUT2D eigenvalue weighted by atomic mass is 9.99. The van der Waals surface area contributed by atoms with Crippen molar-refractivity contribution in [3.8, 4) is 28.4 Å². The van der Waals surface area contributed by atoms with Gasteiger partial charge in [-0.05, 0) is 47.4 Å². The summed E-state index contributed by atoms with van der Waals surface area (Å²) in [6.07, 6.45) is 1.95. The van der Waals surface area contributed by atoms with Crippen molar-refractivity contribution in [2.24, 2.45) is 5.73 Å². The Morgan fingerprint density at radius 2 is 1.46 bits per heavy atom. The molecule has 0 radical (unpaired) electrons. The van der Waals surface area contributed by atoms with E-state index in [2.05, 4.69) is 24.0 Å². The Balaban J connectivity index is 1.30. The van der Waals surface area contributed by atoms with Crippen LogP contribution in [0, 0.1) is 5.41 Å². The molecule has 0 spiro atoms. The number of nitrogens with zero attached hydrogens (tertiary/aromatic N) is 1. The van der Waals surface area contributed by atoms with Gasteiger partial charge in [0, 0.05) is 25.2 Å². The SMILES string of the molecule is CCCc1cc(-c2ccc(C(=N)N)cc2)ccc1OCCOc1ccccc1OCCN1CCOCC1. The number of para-hydroxylation sites is 2. The van der Waals surface area contributed by atoms with Crippen LogP contribution in [0.5, 0.6) is 17.2 Å². The summed E-state index contributed by atoms with van der Waals surface area (Å²) in [6.45, 7) is 7.98. The number of nitrogen functional groups attached to an aromatic ring is 1. The smallest absolute Gasteiger partial charge is 0.161 e. The van der Waals surface area contributed by atoms with Gasteiger partial charge in [0.2, 0.25) is 0 Å². The highest BCUT2D eigenvalue weighted by atomic mass is 16.5. The predicted octanol–water partition coefficient (Wildman–Crippen LogP) is 4.76. The van der Waals surface area contributed by atoms with Crippen molar-refractivity contribution in [2.75, 3.05) is 52.7 Å². The standard InChI is InChI=1S/C30H37N3O4/c1-2-5-26-22-25(23-8-10-24(11-9-23)30(31)32)12-13-27(26)36-20-21-37-29-7-4-3-6-28(29)35-19-16-33-14-17-34-18-15-33/h3-4,6-13,22H,2,5,14-21H2,1H3,(H3,31,32). The number of hydrogen-bond donors (Lipinski definition) is 2. The molecule has 0 bridgehead atoms. The van der Waals surface area contributed by atoms with Gasteiger partial charge in [-0.1, -0.05) is 55.8 Å². The third-order valence-electron chi connectivity index (χ3n) is 6.33. The van der Waals surface area contributed by atoms with E-state index in [0.717, 1.165) is 79.6 Å². The fraction of sp³-hybridized carbons (Fsp3) is 0.367. The Labute approximate surface area is 219 Å². The first-order valence-electron chi connectivity index (χ1n) is 13.0. The van der Waals surface area contributed by atoms with Crippen LogP contribution in [0.3, 0.4) is 0 Å². The molecule has 0 aromatic heterocycles. The normalized spacial score (nSPS) is 13.8. The highest BCUT2D eigenvalue weighted by molar-refractivity contribution is 5.95. The molecule has 1 aliphatic heterocycles. The maximum Gasteiger partial charge on any atom is 0.161 e. The molecule has 0 amide bonds. The molecule has 7 heteroatoms. The van der Waals surface area contributed by atoms with E-state index in [1.54, 1.807) is 0 Å². The Morgan fingerprint density at radius 1 is 0.838 bits per heavy atom. The van der Waals surface area contributed by atoms with Crippen LogP contribution in [0.15, 0.2) is 66.7 Å². The molecular weight excluding hydrogens is 466 g/mol. The van der Waals surface area contributed by atoms with Gasteiger partial charge in [0.15, 0.2) is 11.5 Å². The highest BCUT2D eigenvalue weighted by Crippen LogP contribution is 2.29. The number of nitrogens with one attached hydrogen (secondary N) is 1. The predicted molar refractivity (Wildman–Crippen MR) is 147 cm³/mol. The van der Waals surface area contributed by atoms with Gasteiger partial charge in [0.1, 0.15) is 31.4 Å². The highest BCUT2D eigenvalue weighted by Gasteiger charge is 2.12. The molecule has 3 aromatic rings. The molecule has 0 unspecified atom stereocenters. The lowest BCUT2D eigenvalue weighted by molar-refractivity contribution is 0.0320. The first-order chi connectivity index (χ1) is 18.1. The summed E-state index contributed by atoms with van der Waals surface area (Å²) < 4.78 is 23.6. The van der Waals surface area contributed by atoms with Crippen molar-refractivity contribution in [1.29, 1.82) is 5.41 Å². The van der Waals surface area contributed by atoms with Gasteiger partial charge in [-0.25, -0.2) is 0 Å². The van der Waals surface area contributed by atoms with Crippen LogP contribution in [-0.4, -0.2) is 63.4 Å². The van der Waals surface area contributed by atoms with Crippen LogP contribution >= 0.6 is 0 Å². The lowest BCUT2D eigenvalue weighted by Crippen LogP contribution is -2.38. The second-order valence-corrected chi connectivity index (χ2v) is 9.01. The maximum atomic E-state index is 7.58. The van der Waals surface area contributed by atoms with Crippen molar-refractivity contribution in [3.63, 3.8) is 0 Å². The molecule has 0 atom stereocenters. The van der Waals surface area contributed by atoms with Gasteiger partial charge in [0.05, 0.1) is 13.2 Å². The fourth-order valence-electron chi connectivity index (χ4n) is 4.31. The summed E-state index contributed by atoms with van der Waals surface area (Å²) in [7, 11) is 0. The van der Waals surface area contributed by atoms with E-state index >= 15 is 0 Å². The third-order valence-corrected chi connectivity index (χ3v) is 6.33. The van der Waals surface area contributed by atoms with Crippen LogP contribution in [0.25, 0.3) is 11.1 Å². The number of ether oxygens (including phenoxy) is 4. The number of benzene rings is 3. The van der Waals surface area contributed by atoms with Gasteiger partial charge in [0.25, 0.3) is 0 Å². The number of rotatable bonds is 13. The molecule has 1 heterocycles. The molecule has 1 saturated heterocycles. The second kappa shape index (κ2) is 13.7. The molecule has 3 N–H and O–H groups in total. The van der Waals surface area contributed by atoms with Gasteiger partial charge in [-0.2, -0.15) is 0 Å². The molecule has 3 aromatic carbocycles. The Morgan fingerprint density at radius 3 is 2.11 bits per heavy atom. The van der Waals surface area contributed by atoms with Crippen LogP contribution in [0.1, 0.15) is 24.5 Å². The number of morpholine rings is 1. The molecule has 37 heavy (non-hydrogen) atoms. The zero-order valence-electron chi connectivity index (χ0n) is 21.6. The number of aryl methyl sites for hydroxylation is 1. The van der Waals surface area contributed by atoms with E-state index in [0.29, 0.717) is 19.8 Å².